The third kappa shape index (κ3) is 2.51. The topological polar surface area (TPSA) is 76.3 Å². The molecule has 0 atom stereocenters. The minimum atomic E-state index is -3.64. The number of rotatable bonds is 3. The van der Waals surface area contributed by atoms with E-state index in [1.165, 1.54) is 15.9 Å². The first-order chi connectivity index (χ1) is 11.7. The summed E-state index contributed by atoms with van der Waals surface area (Å²) in [4.78, 5) is 0.137. The molecular formula is C17H15N3O3S. The van der Waals surface area contributed by atoms with Gasteiger partial charge in [-0.25, -0.2) is 13.0 Å². The first-order valence-corrected chi connectivity index (χ1v) is 9.06. The molecule has 0 spiro atoms. The largest absolute Gasteiger partial charge is 0.245 e. The number of benzene rings is 2. The summed E-state index contributed by atoms with van der Waals surface area (Å²) in [5.41, 5.74) is 3.02. The van der Waals surface area contributed by atoms with Crippen LogP contribution in [0.3, 0.4) is 0 Å². The van der Waals surface area contributed by atoms with Gasteiger partial charge >= 0.3 is 0 Å². The SMILES string of the molecule is O=S(=O)(c1cccc2nonc12)N1CC=C(c2ccccc2)CC1. The van der Waals surface area contributed by atoms with E-state index < -0.39 is 10.0 Å². The Bertz CT molecular complexity index is 1010. The Morgan fingerprint density at radius 2 is 1.83 bits per heavy atom. The van der Waals surface area contributed by atoms with E-state index in [0.717, 1.165) is 5.56 Å². The van der Waals surface area contributed by atoms with Crippen molar-refractivity contribution in [3.05, 3.63) is 60.2 Å². The van der Waals surface area contributed by atoms with Crippen molar-refractivity contribution in [1.29, 1.82) is 0 Å². The lowest BCUT2D eigenvalue weighted by molar-refractivity contribution is 0.315. The van der Waals surface area contributed by atoms with Crippen LogP contribution in [0.5, 0.6) is 0 Å². The molecule has 1 aliphatic heterocycles. The molecule has 0 bridgehead atoms. The average molecular weight is 341 g/mol. The van der Waals surface area contributed by atoms with Crippen molar-refractivity contribution in [2.75, 3.05) is 13.1 Å². The predicted octanol–water partition coefficient (Wildman–Crippen LogP) is 2.70. The molecule has 0 unspecified atom stereocenters. The van der Waals surface area contributed by atoms with Crippen LogP contribution < -0.4 is 0 Å². The van der Waals surface area contributed by atoms with Crippen molar-refractivity contribution in [3.8, 4) is 0 Å². The Balaban J connectivity index is 1.65. The summed E-state index contributed by atoms with van der Waals surface area (Å²) in [5, 5.41) is 7.44. The standard InChI is InChI=1S/C17H15N3O3S/c21-24(22,16-8-4-7-15-17(16)19-23-18-15)20-11-9-14(10-12-20)13-5-2-1-3-6-13/h1-9H,10-12H2. The van der Waals surface area contributed by atoms with Crippen molar-refractivity contribution >= 4 is 26.6 Å². The van der Waals surface area contributed by atoms with Crippen LogP contribution in [0.2, 0.25) is 0 Å². The van der Waals surface area contributed by atoms with Gasteiger partial charge in [0.05, 0.1) is 0 Å². The smallest absolute Gasteiger partial charge is 0.243 e. The fourth-order valence-electron chi connectivity index (χ4n) is 2.91. The second-order valence-corrected chi connectivity index (χ2v) is 7.50. The summed E-state index contributed by atoms with van der Waals surface area (Å²) in [6.07, 6.45) is 2.65. The molecule has 0 aliphatic carbocycles. The first kappa shape index (κ1) is 15.0. The fourth-order valence-corrected chi connectivity index (χ4v) is 4.43. The van der Waals surface area contributed by atoms with E-state index in [9.17, 15) is 8.42 Å². The van der Waals surface area contributed by atoms with Crippen LogP contribution in [0, 0.1) is 0 Å². The molecule has 0 radical (unpaired) electrons. The minimum Gasteiger partial charge on any atom is -0.243 e. The molecule has 7 heteroatoms. The van der Waals surface area contributed by atoms with Gasteiger partial charge < -0.3 is 0 Å². The highest BCUT2D eigenvalue weighted by Gasteiger charge is 2.29. The highest BCUT2D eigenvalue weighted by molar-refractivity contribution is 7.89. The van der Waals surface area contributed by atoms with Crippen LogP contribution in [-0.4, -0.2) is 36.1 Å². The zero-order valence-corrected chi connectivity index (χ0v) is 13.6. The lowest BCUT2D eigenvalue weighted by Crippen LogP contribution is -2.34. The van der Waals surface area contributed by atoms with Gasteiger partial charge in [-0.2, -0.15) is 4.31 Å². The molecule has 0 N–H and O–H groups in total. The Morgan fingerprint density at radius 1 is 1.00 bits per heavy atom. The van der Waals surface area contributed by atoms with Crippen molar-refractivity contribution in [2.24, 2.45) is 0 Å². The van der Waals surface area contributed by atoms with Crippen LogP contribution in [0.25, 0.3) is 16.6 Å². The molecular weight excluding hydrogens is 326 g/mol. The Hall–Kier alpha value is -2.51. The second-order valence-electron chi connectivity index (χ2n) is 5.60. The van der Waals surface area contributed by atoms with Gasteiger partial charge in [-0.1, -0.05) is 42.5 Å². The van der Waals surface area contributed by atoms with Gasteiger partial charge in [0.1, 0.15) is 10.4 Å². The third-order valence-corrected chi connectivity index (χ3v) is 6.08. The van der Waals surface area contributed by atoms with E-state index in [2.05, 4.69) is 14.9 Å². The quantitative estimate of drug-likeness (QED) is 0.732. The van der Waals surface area contributed by atoms with E-state index in [-0.39, 0.29) is 10.4 Å². The Morgan fingerprint density at radius 3 is 2.58 bits per heavy atom. The monoisotopic (exact) mass is 341 g/mol. The summed E-state index contributed by atoms with van der Waals surface area (Å²) in [7, 11) is -3.64. The molecule has 0 saturated heterocycles. The van der Waals surface area contributed by atoms with Crippen molar-refractivity contribution in [1.82, 2.24) is 14.6 Å². The molecule has 0 amide bonds. The number of fused-ring (bicyclic) bond motifs is 1. The van der Waals surface area contributed by atoms with Crippen LogP contribution in [-0.2, 0) is 10.0 Å². The van der Waals surface area contributed by atoms with Gasteiger partial charge in [0.25, 0.3) is 0 Å². The third-order valence-electron chi connectivity index (χ3n) is 4.18. The summed E-state index contributed by atoms with van der Waals surface area (Å²) in [6.45, 7) is 0.777. The lowest BCUT2D eigenvalue weighted by Gasteiger charge is -2.26. The molecule has 1 aliphatic rings. The second kappa shape index (κ2) is 5.85. The predicted molar refractivity (Wildman–Crippen MR) is 89.6 cm³/mol. The lowest BCUT2D eigenvalue weighted by atomic mass is 10.0. The molecule has 3 aromatic rings. The van der Waals surface area contributed by atoms with Gasteiger partial charge in [-0.3, -0.25) is 0 Å². The molecule has 0 saturated carbocycles. The highest BCUT2D eigenvalue weighted by atomic mass is 32.2. The normalized spacial score (nSPS) is 16.2. The molecule has 2 aromatic carbocycles. The van der Waals surface area contributed by atoms with E-state index in [0.29, 0.717) is 25.0 Å². The Labute approximate surface area is 139 Å². The zero-order chi connectivity index (χ0) is 16.6. The number of sulfonamides is 1. The van der Waals surface area contributed by atoms with E-state index in [4.69, 9.17) is 0 Å². The van der Waals surface area contributed by atoms with E-state index in [1.807, 2.05) is 36.4 Å². The van der Waals surface area contributed by atoms with Crippen molar-refractivity contribution < 1.29 is 13.0 Å². The van der Waals surface area contributed by atoms with Gasteiger partial charge in [0.15, 0.2) is 5.52 Å². The summed E-state index contributed by atoms with van der Waals surface area (Å²) < 4.78 is 32.0. The number of hydrogen-bond acceptors (Lipinski definition) is 5. The summed E-state index contributed by atoms with van der Waals surface area (Å²) in [6, 6.07) is 14.9. The minimum absolute atomic E-state index is 0.137. The highest BCUT2D eigenvalue weighted by Crippen LogP contribution is 2.28. The van der Waals surface area contributed by atoms with Gasteiger partial charge in [0.2, 0.25) is 10.0 Å². The zero-order valence-electron chi connectivity index (χ0n) is 12.8. The van der Waals surface area contributed by atoms with Crippen LogP contribution >= 0.6 is 0 Å². The summed E-state index contributed by atoms with van der Waals surface area (Å²) >= 11 is 0. The molecule has 1 aromatic heterocycles. The Kier molecular flexibility index (Phi) is 3.66. The van der Waals surface area contributed by atoms with Crippen LogP contribution in [0.1, 0.15) is 12.0 Å². The average Bonchev–Trinajstić information content (AvgIpc) is 3.11. The first-order valence-electron chi connectivity index (χ1n) is 7.62. The molecule has 122 valence electrons. The number of hydrogen-bond donors (Lipinski definition) is 0. The van der Waals surface area contributed by atoms with Crippen LogP contribution in [0.4, 0.5) is 0 Å². The molecule has 4 rings (SSSR count). The molecule has 0 fully saturated rings. The maximum Gasteiger partial charge on any atom is 0.245 e. The van der Waals surface area contributed by atoms with Gasteiger partial charge in [0, 0.05) is 13.1 Å². The maximum atomic E-state index is 12.9. The number of nitrogens with zero attached hydrogens (tertiary/aromatic N) is 3. The van der Waals surface area contributed by atoms with Crippen molar-refractivity contribution in [2.45, 2.75) is 11.3 Å². The fraction of sp³-hybridized carbons (Fsp3) is 0.176. The molecule has 6 nitrogen and oxygen atoms in total. The van der Waals surface area contributed by atoms with Crippen molar-refractivity contribution in [3.63, 3.8) is 0 Å². The van der Waals surface area contributed by atoms with Gasteiger partial charge in [-0.05, 0) is 40.0 Å². The molecule has 24 heavy (non-hydrogen) atoms. The van der Waals surface area contributed by atoms with E-state index >= 15 is 0 Å². The molecule has 2 heterocycles. The summed E-state index contributed by atoms with van der Waals surface area (Å²) in [5.74, 6) is 0. The maximum absolute atomic E-state index is 12.9. The van der Waals surface area contributed by atoms with Crippen LogP contribution in [0.15, 0.2) is 64.1 Å². The van der Waals surface area contributed by atoms with E-state index in [1.54, 1.807) is 12.1 Å². The number of aromatic nitrogens is 2. The van der Waals surface area contributed by atoms with Gasteiger partial charge in [-0.15, -0.1) is 0 Å².